The lowest BCUT2D eigenvalue weighted by Crippen LogP contribution is -2.41. The molecule has 0 radical (unpaired) electrons. The topological polar surface area (TPSA) is 19.7 Å². The number of imidazole rings is 1. The molecule has 0 bridgehead atoms. The van der Waals surface area contributed by atoms with E-state index in [1.165, 1.54) is 121 Å². The van der Waals surface area contributed by atoms with Crippen molar-refractivity contribution in [3.05, 3.63) is 18.2 Å². The number of nitrogens with one attached hydrogen (secondary N) is 1. The third kappa shape index (κ3) is 11.8. The van der Waals surface area contributed by atoms with Crippen LogP contribution in [0.5, 0.6) is 0 Å². The normalized spacial score (nSPS) is 13.7. The summed E-state index contributed by atoms with van der Waals surface area (Å²) >= 11 is 0. The molecular weight excluding hydrogens is 352 g/mol. The number of H-pyrrole nitrogens is 1. The van der Waals surface area contributed by atoms with Crippen LogP contribution in [0.3, 0.4) is 0 Å². The molecule has 1 rings (SSSR count). The van der Waals surface area contributed by atoms with Crippen LogP contribution in [-0.2, 0) is 0 Å². The molecule has 0 aliphatic carbocycles. The Morgan fingerprint density at radius 2 is 1.10 bits per heavy atom. The standard InChI is InChI=1S/C27H52N2/c1-5-8-11-13-14-16-18-20-25(4)29-24-23-28-27(29)26(21-17-10-7-3)22-19-15-12-9-6-2/h23-26H,5-22H2,1-4H3/p+1. The Morgan fingerprint density at radius 3 is 1.69 bits per heavy atom. The van der Waals surface area contributed by atoms with Gasteiger partial charge in [0.05, 0.1) is 12.0 Å². The second-order valence-corrected chi connectivity index (χ2v) is 9.41. The first-order chi connectivity index (χ1) is 14.2. The van der Waals surface area contributed by atoms with Crippen molar-refractivity contribution in [1.82, 2.24) is 4.98 Å². The maximum Gasteiger partial charge on any atom is 0.257 e. The van der Waals surface area contributed by atoms with E-state index >= 15 is 0 Å². The van der Waals surface area contributed by atoms with Gasteiger partial charge in [-0.25, -0.2) is 9.55 Å². The van der Waals surface area contributed by atoms with Crippen LogP contribution in [-0.4, -0.2) is 4.98 Å². The largest absolute Gasteiger partial charge is 0.257 e. The van der Waals surface area contributed by atoms with Gasteiger partial charge in [-0.15, -0.1) is 0 Å². The second kappa shape index (κ2) is 18.0. The Hall–Kier alpha value is -0.790. The summed E-state index contributed by atoms with van der Waals surface area (Å²) in [6.45, 7) is 9.35. The molecule has 0 saturated carbocycles. The van der Waals surface area contributed by atoms with Gasteiger partial charge in [-0.1, -0.05) is 111 Å². The summed E-state index contributed by atoms with van der Waals surface area (Å²) in [5.41, 5.74) is 0. The molecule has 0 fully saturated rings. The van der Waals surface area contributed by atoms with E-state index in [2.05, 4.69) is 49.6 Å². The molecule has 1 aromatic heterocycles. The second-order valence-electron chi connectivity index (χ2n) is 9.41. The highest BCUT2D eigenvalue weighted by Crippen LogP contribution is 2.27. The van der Waals surface area contributed by atoms with Crippen LogP contribution in [0.4, 0.5) is 0 Å². The molecule has 1 N–H and O–H groups in total. The molecule has 1 aromatic rings. The van der Waals surface area contributed by atoms with E-state index in [-0.39, 0.29) is 0 Å². The molecular formula is C27H53N2+. The molecule has 0 amide bonds. The average molecular weight is 406 g/mol. The zero-order valence-electron chi connectivity index (χ0n) is 20.5. The highest BCUT2D eigenvalue weighted by molar-refractivity contribution is 4.90. The average Bonchev–Trinajstić information content (AvgIpc) is 3.21. The fourth-order valence-electron chi connectivity index (χ4n) is 4.66. The van der Waals surface area contributed by atoms with Crippen molar-refractivity contribution >= 4 is 0 Å². The molecule has 0 aromatic carbocycles. The van der Waals surface area contributed by atoms with Gasteiger partial charge in [-0.05, 0) is 32.6 Å². The van der Waals surface area contributed by atoms with Gasteiger partial charge < -0.3 is 0 Å². The number of aromatic amines is 1. The van der Waals surface area contributed by atoms with E-state index in [1.54, 1.807) is 0 Å². The summed E-state index contributed by atoms with van der Waals surface area (Å²) in [6, 6.07) is 0.626. The maximum atomic E-state index is 3.65. The number of hydrogen-bond donors (Lipinski definition) is 1. The summed E-state index contributed by atoms with van der Waals surface area (Å²) in [6.07, 6.45) is 29.4. The van der Waals surface area contributed by atoms with Crippen molar-refractivity contribution in [3.8, 4) is 0 Å². The van der Waals surface area contributed by atoms with Crippen LogP contribution in [0.25, 0.3) is 0 Å². The van der Waals surface area contributed by atoms with Crippen molar-refractivity contribution in [2.24, 2.45) is 0 Å². The van der Waals surface area contributed by atoms with E-state index in [4.69, 9.17) is 0 Å². The third-order valence-corrected chi connectivity index (χ3v) is 6.64. The molecule has 0 aliphatic heterocycles. The number of aromatic nitrogens is 2. The monoisotopic (exact) mass is 405 g/mol. The number of rotatable bonds is 20. The van der Waals surface area contributed by atoms with Gasteiger partial charge >= 0.3 is 0 Å². The zero-order chi connectivity index (χ0) is 21.2. The van der Waals surface area contributed by atoms with Crippen molar-refractivity contribution in [3.63, 3.8) is 0 Å². The molecule has 2 atom stereocenters. The van der Waals surface area contributed by atoms with Gasteiger partial charge in [0.15, 0.2) is 0 Å². The van der Waals surface area contributed by atoms with E-state index in [9.17, 15) is 0 Å². The van der Waals surface area contributed by atoms with Crippen LogP contribution in [0.2, 0.25) is 0 Å². The van der Waals surface area contributed by atoms with Gasteiger partial charge in [0.25, 0.3) is 5.82 Å². The van der Waals surface area contributed by atoms with E-state index in [1.807, 2.05) is 0 Å². The molecule has 2 heteroatoms. The smallest absolute Gasteiger partial charge is 0.247 e. The first-order valence-electron chi connectivity index (χ1n) is 13.3. The minimum absolute atomic E-state index is 0.626. The molecule has 1 heterocycles. The van der Waals surface area contributed by atoms with Gasteiger partial charge in [0.1, 0.15) is 12.4 Å². The van der Waals surface area contributed by atoms with E-state index < -0.39 is 0 Å². The zero-order valence-corrected chi connectivity index (χ0v) is 20.5. The predicted molar refractivity (Wildman–Crippen MR) is 129 cm³/mol. The maximum absolute atomic E-state index is 3.65. The Bertz CT molecular complexity index is 465. The lowest BCUT2D eigenvalue weighted by Gasteiger charge is -2.17. The molecule has 0 spiro atoms. The Kier molecular flexibility index (Phi) is 16.3. The Labute approximate surface area is 183 Å². The van der Waals surface area contributed by atoms with Crippen molar-refractivity contribution in [2.45, 2.75) is 155 Å². The summed E-state index contributed by atoms with van der Waals surface area (Å²) < 4.78 is 2.58. The highest BCUT2D eigenvalue weighted by atomic mass is 15.1. The van der Waals surface area contributed by atoms with Crippen molar-refractivity contribution in [1.29, 1.82) is 0 Å². The summed E-state index contributed by atoms with van der Waals surface area (Å²) in [7, 11) is 0. The molecule has 0 aliphatic rings. The molecule has 2 nitrogen and oxygen atoms in total. The highest BCUT2D eigenvalue weighted by Gasteiger charge is 2.25. The van der Waals surface area contributed by atoms with Gasteiger partial charge in [-0.2, -0.15) is 0 Å². The summed E-state index contributed by atoms with van der Waals surface area (Å²) in [4.78, 5) is 3.65. The van der Waals surface area contributed by atoms with Crippen LogP contribution in [0.1, 0.15) is 161 Å². The Morgan fingerprint density at radius 1 is 0.655 bits per heavy atom. The minimum atomic E-state index is 0.626. The number of unbranched alkanes of at least 4 members (excludes halogenated alkanes) is 12. The third-order valence-electron chi connectivity index (χ3n) is 6.64. The van der Waals surface area contributed by atoms with Crippen LogP contribution in [0, 0.1) is 0 Å². The van der Waals surface area contributed by atoms with E-state index in [0.717, 1.165) is 5.92 Å². The van der Waals surface area contributed by atoms with Crippen LogP contribution >= 0.6 is 0 Å². The fraction of sp³-hybridized carbons (Fsp3) is 0.889. The van der Waals surface area contributed by atoms with Crippen molar-refractivity contribution < 1.29 is 4.57 Å². The molecule has 29 heavy (non-hydrogen) atoms. The van der Waals surface area contributed by atoms with Gasteiger partial charge in [0.2, 0.25) is 0 Å². The molecule has 0 saturated heterocycles. The van der Waals surface area contributed by atoms with Gasteiger partial charge in [-0.3, -0.25) is 0 Å². The number of hydrogen-bond acceptors (Lipinski definition) is 0. The Balaban J connectivity index is 2.51. The van der Waals surface area contributed by atoms with Crippen molar-refractivity contribution in [2.75, 3.05) is 0 Å². The summed E-state index contributed by atoms with van der Waals surface area (Å²) in [5.74, 6) is 2.22. The first kappa shape index (κ1) is 26.2. The van der Waals surface area contributed by atoms with Crippen LogP contribution < -0.4 is 4.57 Å². The predicted octanol–water partition coefficient (Wildman–Crippen LogP) is 9.03. The molecule has 170 valence electrons. The van der Waals surface area contributed by atoms with Gasteiger partial charge in [0, 0.05) is 0 Å². The van der Waals surface area contributed by atoms with Crippen LogP contribution in [0.15, 0.2) is 12.4 Å². The fourth-order valence-corrected chi connectivity index (χ4v) is 4.66. The lowest BCUT2D eigenvalue weighted by atomic mass is 9.93. The summed E-state index contributed by atoms with van der Waals surface area (Å²) in [5, 5.41) is 0. The quantitative estimate of drug-likeness (QED) is 0.165. The van der Waals surface area contributed by atoms with E-state index in [0.29, 0.717) is 6.04 Å². The first-order valence-corrected chi connectivity index (χ1v) is 13.3. The lowest BCUT2D eigenvalue weighted by molar-refractivity contribution is -0.727. The SMILES string of the molecule is CCCCCCCCCC(C)[n+]1cc[nH]c1C(CCCCC)CCCCCCC. The number of nitrogens with zero attached hydrogens (tertiary/aromatic N) is 1. The minimum Gasteiger partial charge on any atom is -0.247 e. The molecule has 2 unspecified atom stereocenters.